The summed E-state index contributed by atoms with van der Waals surface area (Å²) in [6, 6.07) is 5.73. The number of aryl methyl sites for hydroxylation is 1. The Morgan fingerprint density at radius 2 is 2.29 bits per heavy atom. The van der Waals surface area contributed by atoms with Gasteiger partial charge in [-0.2, -0.15) is 0 Å². The fourth-order valence-corrected chi connectivity index (χ4v) is 3.74. The van der Waals surface area contributed by atoms with Gasteiger partial charge in [-0.1, -0.05) is 6.07 Å². The highest BCUT2D eigenvalue weighted by molar-refractivity contribution is 7.13. The zero-order chi connectivity index (χ0) is 19.3. The number of hydrogen-bond donors (Lipinski definition) is 1. The molecule has 4 heterocycles. The maximum absolute atomic E-state index is 12.5. The van der Waals surface area contributed by atoms with Crippen LogP contribution in [0.15, 0.2) is 48.2 Å². The van der Waals surface area contributed by atoms with Crippen molar-refractivity contribution in [1.29, 1.82) is 0 Å². The van der Waals surface area contributed by atoms with Crippen molar-refractivity contribution >= 4 is 34.3 Å². The van der Waals surface area contributed by atoms with E-state index in [0.717, 1.165) is 35.2 Å². The first-order valence-corrected chi connectivity index (χ1v) is 9.94. The lowest BCUT2D eigenvalue weighted by Gasteiger charge is -2.15. The maximum Gasteiger partial charge on any atom is 0.246 e. The van der Waals surface area contributed by atoms with E-state index in [2.05, 4.69) is 25.3 Å². The van der Waals surface area contributed by atoms with Crippen LogP contribution in [0.2, 0.25) is 0 Å². The van der Waals surface area contributed by atoms with Crippen LogP contribution in [0.1, 0.15) is 29.4 Å². The van der Waals surface area contributed by atoms with Gasteiger partial charge in [-0.05, 0) is 31.1 Å². The summed E-state index contributed by atoms with van der Waals surface area (Å²) < 4.78 is 0. The number of hydrogen-bond acceptors (Lipinski definition) is 7. The molecule has 1 aliphatic heterocycles. The Labute approximate surface area is 167 Å². The molecule has 0 radical (unpaired) electrons. The lowest BCUT2D eigenvalue weighted by atomic mass is 10.0. The number of carbonyl (C=O) groups is 1. The lowest BCUT2D eigenvalue weighted by Crippen LogP contribution is -2.26. The molecule has 7 nitrogen and oxygen atoms in total. The molecule has 3 aromatic heterocycles. The van der Waals surface area contributed by atoms with Crippen molar-refractivity contribution in [2.45, 2.75) is 19.3 Å². The molecule has 28 heavy (non-hydrogen) atoms. The second-order valence-electron chi connectivity index (χ2n) is 6.58. The highest BCUT2D eigenvalue weighted by atomic mass is 32.1. The molecule has 1 saturated heterocycles. The number of nitrogens with one attached hydrogen (secondary N) is 1. The quantitative estimate of drug-likeness (QED) is 0.670. The Kier molecular flexibility index (Phi) is 5.38. The molecule has 3 aromatic rings. The van der Waals surface area contributed by atoms with Crippen molar-refractivity contribution in [1.82, 2.24) is 24.8 Å². The molecule has 4 rings (SSSR count). The van der Waals surface area contributed by atoms with Gasteiger partial charge in [0.2, 0.25) is 5.91 Å². The number of aromatic nitrogens is 4. The third kappa shape index (κ3) is 4.40. The van der Waals surface area contributed by atoms with E-state index in [0.29, 0.717) is 12.4 Å². The van der Waals surface area contributed by atoms with Crippen LogP contribution < -0.4 is 5.32 Å². The summed E-state index contributed by atoms with van der Waals surface area (Å²) in [6.45, 7) is 3.26. The minimum atomic E-state index is 0.0123. The average molecular weight is 392 g/mol. The van der Waals surface area contributed by atoms with Crippen LogP contribution in [0.25, 0.3) is 6.08 Å². The fraction of sp³-hybridized carbons (Fsp3) is 0.250. The van der Waals surface area contributed by atoms with Gasteiger partial charge in [-0.25, -0.2) is 15.0 Å². The number of anilines is 2. The number of pyridine rings is 1. The second kappa shape index (κ2) is 8.26. The van der Waals surface area contributed by atoms with Crippen molar-refractivity contribution in [3.63, 3.8) is 0 Å². The molecule has 142 valence electrons. The van der Waals surface area contributed by atoms with E-state index in [1.54, 1.807) is 30.7 Å². The third-order valence-electron chi connectivity index (χ3n) is 4.55. The molecule has 8 heteroatoms. The van der Waals surface area contributed by atoms with Gasteiger partial charge in [-0.3, -0.25) is 9.78 Å². The molecule has 0 saturated carbocycles. The van der Waals surface area contributed by atoms with Crippen molar-refractivity contribution in [3.8, 4) is 0 Å². The van der Waals surface area contributed by atoms with Crippen molar-refractivity contribution in [2.75, 3.05) is 18.4 Å². The van der Waals surface area contributed by atoms with E-state index in [4.69, 9.17) is 0 Å². The van der Waals surface area contributed by atoms with Gasteiger partial charge in [0.25, 0.3) is 0 Å². The lowest BCUT2D eigenvalue weighted by molar-refractivity contribution is -0.124. The number of amides is 1. The highest BCUT2D eigenvalue weighted by Crippen LogP contribution is 2.28. The molecule has 1 amide bonds. The van der Waals surface area contributed by atoms with E-state index < -0.39 is 0 Å². The van der Waals surface area contributed by atoms with E-state index >= 15 is 0 Å². The standard InChI is InChI=1S/C20H20N6OS/c1-14-23-17(11-18(24-14)25-20-22-8-10-28-20)16-6-9-26(13-16)19(27)5-4-15-3-2-7-21-12-15/h2-5,7-8,10-12,16H,6,9,13H2,1H3,(H,22,23,24,25)/b5-4+. The summed E-state index contributed by atoms with van der Waals surface area (Å²) in [5.74, 6) is 1.66. The van der Waals surface area contributed by atoms with Crippen LogP contribution in [0.3, 0.4) is 0 Å². The third-order valence-corrected chi connectivity index (χ3v) is 5.23. The summed E-state index contributed by atoms with van der Waals surface area (Å²) in [7, 11) is 0. The molecule has 1 N–H and O–H groups in total. The van der Waals surface area contributed by atoms with Gasteiger partial charge in [0.05, 0.1) is 5.69 Å². The zero-order valence-corrected chi connectivity index (χ0v) is 16.3. The minimum Gasteiger partial charge on any atom is -0.338 e. The van der Waals surface area contributed by atoms with Gasteiger partial charge in [0.1, 0.15) is 11.6 Å². The number of thiazole rings is 1. The molecule has 1 atom stereocenters. The number of carbonyl (C=O) groups excluding carboxylic acids is 1. The Balaban J connectivity index is 1.43. The summed E-state index contributed by atoms with van der Waals surface area (Å²) in [5, 5.41) is 5.93. The van der Waals surface area contributed by atoms with Crippen molar-refractivity contribution in [2.24, 2.45) is 0 Å². The minimum absolute atomic E-state index is 0.0123. The molecule has 1 fully saturated rings. The fourth-order valence-electron chi connectivity index (χ4n) is 3.21. The number of rotatable bonds is 5. The molecule has 0 bridgehead atoms. The SMILES string of the molecule is Cc1nc(Nc2nccs2)cc(C2CCN(C(=O)/C=C/c3cccnc3)C2)n1. The molecule has 1 aliphatic rings. The average Bonchev–Trinajstić information content (AvgIpc) is 3.38. The first-order chi connectivity index (χ1) is 13.7. The topological polar surface area (TPSA) is 83.9 Å². The van der Waals surface area contributed by atoms with Crippen molar-refractivity contribution in [3.05, 3.63) is 65.3 Å². The first kappa shape index (κ1) is 18.2. The normalized spacial score (nSPS) is 16.6. The molecular weight excluding hydrogens is 372 g/mol. The molecule has 0 spiro atoms. The summed E-state index contributed by atoms with van der Waals surface area (Å²) in [4.78, 5) is 31.7. The predicted octanol–water partition coefficient (Wildman–Crippen LogP) is 3.41. The van der Waals surface area contributed by atoms with Gasteiger partial charge >= 0.3 is 0 Å². The van der Waals surface area contributed by atoms with Gasteiger partial charge in [-0.15, -0.1) is 11.3 Å². The zero-order valence-electron chi connectivity index (χ0n) is 15.4. The summed E-state index contributed by atoms with van der Waals surface area (Å²) in [5.41, 5.74) is 1.87. The molecule has 0 aliphatic carbocycles. The van der Waals surface area contributed by atoms with Gasteiger partial charge in [0.15, 0.2) is 5.13 Å². The Morgan fingerprint density at radius 1 is 1.36 bits per heavy atom. The van der Waals surface area contributed by atoms with Crippen molar-refractivity contribution < 1.29 is 4.79 Å². The first-order valence-electron chi connectivity index (χ1n) is 9.06. The van der Waals surface area contributed by atoms with Crippen LogP contribution in [-0.4, -0.2) is 43.8 Å². The molecular formula is C20H20N6OS. The predicted molar refractivity (Wildman–Crippen MR) is 109 cm³/mol. The smallest absolute Gasteiger partial charge is 0.246 e. The second-order valence-corrected chi connectivity index (χ2v) is 7.47. The highest BCUT2D eigenvalue weighted by Gasteiger charge is 2.27. The van der Waals surface area contributed by atoms with Crippen LogP contribution in [0.4, 0.5) is 10.9 Å². The number of nitrogens with zero attached hydrogens (tertiary/aromatic N) is 5. The molecule has 1 unspecified atom stereocenters. The van der Waals surface area contributed by atoms with E-state index in [1.165, 1.54) is 11.3 Å². The molecule has 0 aromatic carbocycles. The Hall–Kier alpha value is -3.13. The van der Waals surface area contributed by atoms with Gasteiger partial charge in [0, 0.05) is 55.1 Å². The maximum atomic E-state index is 12.5. The van der Waals surface area contributed by atoms with Crippen LogP contribution >= 0.6 is 11.3 Å². The summed E-state index contributed by atoms with van der Waals surface area (Å²) in [6.07, 6.45) is 9.50. The van der Waals surface area contributed by atoms with E-state index in [-0.39, 0.29) is 11.8 Å². The Morgan fingerprint density at radius 3 is 3.07 bits per heavy atom. The van der Waals surface area contributed by atoms with Crippen LogP contribution in [0, 0.1) is 6.92 Å². The van der Waals surface area contributed by atoms with Crippen LogP contribution in [0.5, 0.6) is 0 Å². The Bertz CT molecular complexity index is 974. The largest absolute Gasteiger partial charge is 0.338 e. The van der Waals surface area contributed by atoms with Crippen LogP contribution in [-0.2, 0) is 4.79 Å². The van der Waals surface area contributed by atoms with E-state index in [9.17, 15) is 4.79 Å². The van der Waals surface area contributed by atoms with Gasteiger partial charge < -0.3 is 10.2 Å². The summed E-state index contributed by atoms with van der Waals surface area (Å²) >= 11 is 1.52. The van der Waals surface area contributed by atoms with E-state index in [1.807, 2.05) is 35.4 Å². The number of likely N-dealkylation sites (tertiary alicyclic amines) is 1. The monoisotopic (exact) mass is 392 g/mol.